The van der Waals surface area contributed by atoms with Gasteiger partial charge in [-0.3, -0.25) is 9.36 Å². The fourth-order valence-electron chi connectivity index (χ4n) is 3.22. The van der Waals surface area contributed by atoms with Crippen molar-refractivity contribution in [3.63, 3.8) is 0 Å². The van der Waals surface area contributed by atoms with Gasteiger partial charge in [-0.25, -0.2) is 0 Å². The maximum atomic E-state index is 12.1. The standard InChI is InChI=1S/C24H24N4O2S/c1-18-8-5-11-20(16-18)28-23(19-9-3-2-4-10-19)26-27-24(28)31-15-7-13-22(29)25-17-21-12-6-14-30-21/h2-6,8-12,14,16H,7,13,15,17H2,1H3,(H,25,29). The van der Waals surface area contributed by atoms with Gasteiger partial charge in [0, 0.05) is 23.4 Å². The second kappa shape index (κ2) is 10.1. The minimum Gasteiger partial charge on any atom is -0.467 e. The summed E-state index contributed by atoms with van der Waals surface area (Å²) < 4.78 is 7.32. The van der Waals surface area contributed by atoms with Crippen LogP contribution in [0.2, 0.25) is 0 Å². The summed E-state index contributed by atoms with van der Waals surface area (Å²) >= 11 is 1.61. The van der Waals surface area contributed by atoms with Crippen LogP contribution in [-0.4, -0.2) is 26.4 Å². The van der Waals surface area contributed by atoms with Gasteiger partial charge in [0.25, 0.3) is 0 Å². The SMILES string of the molecule is Cc1cccc(-n2c(SCCCC(=O)NCc3ccco3)nnc2-c2ccccc2)c1. The average Bonchev–Trinajstić information content (AvgIpc) is 3.46. The van der Waals surface area contributed by atoms with Gasteiger partial charge in [-0.2, -0.15) is 0 Å². The van der Waals surface area contributed by atoms with Crippen molar-refractivity contribution in [1.82, 2.24) is 20.1 Å². The van der Waals surface area contributed by atoms with Crippen LogP contribution in [0, 0.1) is 6.92 Å². The average molecular weight is 433 g/mol. The number of hydrogen-bond acceptors (Lipinski definition) is 5. The number of aryl methyl sites for hydroxylation is 1. The topological polar surface area (TPSA) is 73.0 Å². The smallest absolute Gasteiger partial charge is 0.220 e. The summed E-state index contributed by atoms with van der Waals surface area (Å²) in [7, 11) is 0. The zero-order valence-electron chi connectivity index (χ0n) is 17.3. The van der Waals surface area contributed by atoms with Crippen LogP contribution in [0.25, 0.3) is 17.1 Å². The molecule has 0 aliphatic rings. The molecule has 0 fully saturated rings. The first kappa shape index (κ1) is 20.9. The summed E-state index contributed by atoms with van der Waals surface area (Å²) in [5.74, 6) is 2.35. The van der Waals surface area contributed by atoms with Gasteiger partial charge >= 0.3 is 0 Å². The second-order valence-corrected chi connectivity index (χ2v) is 8.22. The van der Waals surface area contributed by atoms with Crippen molar-refractivity contribution in [2.75, 3.05) is 5.75 Å². The highest BCUT2D eigenvalue weighted by atomic mass is 32.2. The first-order chi connectivity index (χ1) is 15.2. The third kappa shape index (κ3) is 5.44. The first-order valence-corrected chi connectivity index (χ1v) is 11.2. The third-order valence-corrected chi connectivity index (χ3v) is 5.76. The van der Waals surface area contributed by atoms with Gasteiger partial charge in [-0.15, -0.1) is 10.2 Å². The molecule has 0 spiro atoms. The number of thioether (sulfide) groups is 1. The highest BCUT2D eigenvalue weighted by Crippen LogP contribution is 2.28. The van der Waals surface area contributed by atoms with Crippen molar-refractivity contribution in [3.05, 3.63) is 84.3 Å². The van der Waals surface area contributed by atoms with Crippen molar-refractivity contribution in [2.45, 2.75) is 31.5 Å². The van der Waals surface area contributed by atoms with E-state index in [1.54, 1.807) is 18.0 Å². The minimum absolute atomic E-state index is 0.0159. The maximum Gasteiger partial charge on any atom is 0.220 e. The fourth-order valence-corrected chi connectivity index (χ4v) is 4.11. The van der Waals surface area contributed by atoms with Crippen LogP contribution in [0.1, 0.15) is 24.2 Å². The first-order valence-electron chi connectivity index (χ1n) is 10.2. The van der Waals surface area contributed by atoms with Crippen molar-refractivity contribution in [1.29, 1.82) is 0 Å². The van der Waals surface area contributed by atoms with Crippen molar-refractivity contribution < 1.29 is 9.21 Å². The Morgan fingerprint density at radius 2 is 1.94 bits per heavy atom. The van der Waals surface area contributed by atoms with Crippen LogP contribution in [0.5, 0.6) is 0 Å². The molecule has 6 nitrogen and oxygen atoms in total. The molecule has 0 bridgehead atoms. The van der Waals surface area contributed by atoms with E-state index >= 15 is 0 Å². The van der Waals surface area contributed by atoms with Crippen molar-refractivity contribution in [2.24, 2.45) is 0 Å². The van der Waals surface area contributed by atoms with Crippen LogP contribution < -0.4 is 5.32 Å². The van der Waals surface area contributed by atoms with Gasteiger partial charge in [-0.1, -0.05) is 54.2 Å². The van der Waals surface area contributed by atoms with E-state index in [2.05, 4.69) is 45.2 Å². The van der Waals surface area contributed by atoms with Gasteiger partial charge in [0.15, 0.2) is 11.0 Å². The molecule has 0 radical (unpaired) electrons. The number of hydrogen-bond donors (Lipinski definition) is 1. The Balaban J connectivity index is 1.42. The predicted octanol–water partition coefficient (Wildman–Crippen LogP) is 5.02. The molecule has 2 aromatic carbocycles. The molecule has 0 saturated heterocycles. The molecule has 0 atom stereocenters. The molecule has 0 aliphatic heterocycles. The number of carbonyl (C=O) groups is 1. The van der Waals surface area contributed by atoms with Crippen molar-refractivity contribution >= 4 is 17.7 Å². The lowest BCUT2D eigenvalue weighted by Crippen LogP contribution is -2.22. The number of nitrogens with zero attached hydrogens (tertiary/aromatic N) is 3. The Bertz CT molecular complexity index is 1120. The summed E-state index contributed by atoms with van der Waals surface area (Å²) in [6.45, 7) is 2.49. The van der Waals surface area contributed by atoms with E-state index in [-0.39, 0.29) is 5.91 Å². The molecule has 4 aromatic rings. The van der Waals surface area contributed by atoms with Gasteiger partial charge in [-0.05, 0) is 43.2 Å². The zero-order valence-corrected chi connectivity index (χ0v) is 18.1. The predicted molar refractivity (Wildman–Crippen MR) is 122 cm³/mol. The Morgan fingerprint density at radius 3 is 2.71 bits per heavy atom. The highest BCUT2D eigenvalue weighted by molar-refractivity contribution is 7.99. The van der Waals surface area contributed by atoms with Gasteiger partial charge in [0.2, 0.25) is 5.91 Å². The molecule has 0 saturated carbocycles. The second-order valence-electron chi connectivity index (χ2n) is 7.15. The largest absolute Gasteiger partial charge is 0.467 e. The fraction of sp³-hybridized carbons (Fsp3) is 0.208. The van der Waals surface area contributed by atoms with Crippen LogP contribution in [0.15, 0.2) is 82.6 Å². The van der Waals surface area contributed by atoms with E-state index in [4.69, 9.17) is 4.42 Å². The zero-order chi connectivity index (χ0) is 21.5. The normalized spacial score (nSPS) is 10.9. The van der Waals surface area contributed by atoms with E-state index in [0.29, 0.717) is 13.0 Å². The lowest BCUT2D eigenvalue weighted by Gasteiger charge is -2.11. The van der Waals surface area contributed by atoms with Crippen LogP contribution >= 0.6 is 11.8 Å². The molecular formula is C24H24N4O2S. The Morgan fingerprint density at radius 1 is 1.06 bits per heavy atom. The summed E-state index contributed by atoms with van der Waals surface area (Å²) in [5.41, 5.74) is 3.22. The number of nitrogens with one attached hydrogen (secondary N) is 1. The van der Waals surface area contributed by atoms with E-state index in [1.807, 2.05) is 48.5 Å². The van der Waals surface area contributed by atoms with Crippen LogP contribution in [0.3, 0.4) is 0 Å². The molecule has 31 heavy (non-hydrogen) atoms. The summed E-state index contributed by atoms with van der Waals surface area (Å²) in [6.07, 6.45) is 2.81. The molecule has 0 unspecified atom stereocenters. The van der Waals surface area contributed by atoms with Crippen LogP contribution in [-0.2, 0) is 11.3 Å². The lowest BCUT2D eigenvalue weighted by molar-refractivity contribution is -0.121. The Hall–Kier alpha value is -3.32. The maximum absolute atomic E-state index is 12.1. The number of aromatic nitrogens is 3. The highest BCUT2D eigenvalue weighted by Gasteiger charge is 2.16. The third-order valence-electron chi connectivity index (χ3n) is 4.74. The quantitative estimate of drug-likeness (QED) is 0.297. The van der Waals surface area contributed by atoms with Gasteiger partial charge < -0.3 is 9.73 Å². The van der Waals surface area contributed by atoms with E-state index in [9.17, 15) is 4.79 Å². The molecule has 4 rings (SSSR count). The number of carbonyl (C=O) groups excluding carboxylic acids is 1. The molecule has 0 aliphatic carbocycles. The number of furan rings is 1. The molecule has 2 heterocycles. The lowest BCUT2D eigenvalue weighted by atomic mass is 10.2. The molecular weight excluding hydrogens is 408 g/mol. The van der Waals surface area contributed by atoms with E-state index in [0.717, 1.165) is 40.2 Å². The Labute approximate surface area is 185 Å². The van der Waals surface area contributed by atoms with E-state index in [1.165, 1.54) is 5.56 Å². The molecule has 1 amide bonds. The summed E-state index contributed by atoms with van der Waals surface area (Å²) in [6, 6.07) is 22.0. The summed E-state index contributed by atoms with van der Waals surface area (Å²) in [4.78, 5) is 12.1. The molecule has 2 aromatic heterocycles. The monoisotopic (exact) mass is 432 g/mol. The minimum atomic E-state index is 0.0159. The molecule has 158 valence electrons. The van der Waals surface area contributed by atoms with Gasteiger partial charge in [0.1, 0.15) is 5.76 Å². The van der Waals surface area contributed by atoms with Crippen LogP contribution in [0.4, 0.5) is 0 Å². The number of amides is 1. The molecule has 1 N–H and O–H groups in total. The van der Waals surface area contributed by atoms with Gasteiger partial charge in [0.05, 0.1) is 12.8 Å². The molecule has 7 heteroatoms. The van der Waals surface area contributed by atoms with E-state index < -0.39 is 0 Å². The number of benzene rings is 2. The van der Waals surface area contributed by atoms with Crippen molar-refractivity contribution in [3.8, 4) is 17.1 Å². The summed E-state index contributed by atoms with van der Waals surface area (Å²) in [5, 5.41) is 12.6. The number of rotatable bonds is 9. The Kier molecular flexibility index (Phi) is 6.84.